The van der Waals surface area contributed by atoms with Gasteiger partial charge in [0.05, 0.1) is 12.7 Å². The fraction of sp³-hybridized carbons (Fsp3) is 0.571. The maximum absolute atomic E-state index is 5.76. The van der Waals surface area contributed by atoms with Crippen LogP contribution in [0.5, 0.6) is 0 Å². The van der Waals surface area contributed by atoms with Crippen molar-refractivity contribution in [3.05, 3.63) is 34.3 Å². The Morgan fingerprint density at radius 3 is 2.89 bits per heavy atom. The Kier molecular flexibility index (Phi) is 4.43. The highest BCUT2D eigenvalue weighted by Gasteiger charge is 2.32. The van der Waals surface area contributed by atoms with E-state index in [0.717, 1.165) is 11.0 Å². The molecular weight excluding hydrogens is 294 g/mol. The minimum absolute atomic E-state index is 0.134. The number of benzene rings is 1. The van der Waals surface area contributed by atoms with E-state index in [1.54, 1.807) is 0 Å². The Bertz CT molecular complexity index is 409. The molecule has 2 unspecified atom stereocenters. The molecule has 3 nitrogen and oxygen atoms in total. The molecule has 1 aliphatic heterocycles. The molecule has 1 fully saturated rings. The van der Waals surface area contributed by atoms with Crippen LogP contribution in [-0.4, -0.2) is 25.0 Å². The summed E-state index contributed by atoms with van der Waals surface area (Å²) in [5.41, 5.74) is 1.27. The van der Waals surface area contributed by atoms with E-state index in [-0.39, 0.29) is 6.10 Å². The van der Waals surface area contributed by atoms with Gasteiger partial charge in [-0.1, -0.05) is 28.1 Å². The Labute approximate surface area is 117 Å². The summed E-state index contributed by atoms with van der Waals surface area (Å²) in [7, 11) is 0. The van der Waals surface area contributed by atoms with Crippen LogP contribution in [-0.2, 0) is 9.47 Å². The SMILES string of the molecule is CC(NCC1COC(C)(C)O1)c1cccc(Br)c1. The second kappa shape index (κ2) is 5.70. The number of halogens is 1. The maximum Gasteiger partial charge on any atom is 0.163 e. The van der Waals surface area contributed by atoms with Crippen molar-refractivity contribution in [3.8, 4) is 0 Å². The van der Waals surface area contributed by atoms with Gasteiger partial charge in [-0.15, -0.1) is 0 Å². The lowest BCUT2D eigenvalue weighted by atomic mass is 10.1. The number of nitrogens with one attached hydrogen (secondary N) is 1. The number of hydrogen-bond donors (Lipinski definition) is 1. The zero-order valence-electron chi connectivity index (χ0n) is 11.1. The van der Waals surface area contributed by atoms with Crippen LogP contribution >= 0.6 is 15.9 Å². The molecule has 0 amide bonds. The van der Waals surface area contributed by atoms with Crippen LogP contribution < -0.4 is 5.32 Å². The molecule has 2 atom stereocenters. The van der Waals surface area contributed by atoms with Crippen molar-refractivity contribution in [3.63, 3.8) is 0 Å². The highest BCUT2D eigenvalue weighted by molar-refractivity contribution is 9.10. The summed E-state index contributed by atoms with van der Waals surface area (Å²) in [6.45, 7) is 7.51. The van der Waals surface area contributed by atoms with E-state index in [9.17, 15) is 0 Å². The highest BCUT2D eigenvalue weighted by atomic mass is 79.9. The fourth-order valence-corrected chi connectivity index (χ4v) is 2.48. The molecule has 100 valence electrons. The zero-order chi connectivity index (χ0) is 13.2. The van der Waals surface area contributed by atoms with Crippen LogP contribution in [0.1, 0.15) is 32.4 Å². The van der Waals surface area contributed by atoms with Gasteiger partial charge in [-0.25, -0.2) is 0 Å². The van der Waals surface area contributed by atoms with Crippen molar-refractivity contribution in [2.75, 3.05) is 13.2 Å². The van der Waals surface area contributed by atoms with Crippen LogP contribution in [0.15, 0.2) is 28.7 Å². The van der Waals surface area contributed by atoms with E-state index in [4.69, 9.17) is 9.47 Å². The first-order valence-corrected chi connectivity index (χ1v) is 7.06. The molecule has 0 aliphatic carbocycles. The summed E-state index contributed by atoms with van der Waals surface area (Å²) in [6.07, 6.45) is 0.134. The average Bonchev–Trinajstić information content (AvgIpc) is 2.66. The molecular formula is C14H20BrNO2. The van der Waals surface area contributed by atoms with Crippen molar-refractivity contribution >= 4 is 15.9 Å². The average molecular weight is 314 g/mol. The third-order valence-electron chi connectivity index (χ3n) is 3.07. The minimum Gasteiger partial charge on any atom is -0.348 e. The van der Waals surface area contributed by atoms with Crippen molar-refractivity contribution < 1.29 is 9.47 Å². The van der Waals surface area contributed by atoms with Gasteiger partial charge in [0.1, 0.15) is 0 Å². The number of hydrogen-bond acceptors (Lipinski definition) is 3. The summed E-state index contributed by atoms with van der Waals surface area (Å²) >= 11 is 3.49. The van der Waals surface area contributed by atoms with Gasteiger partial charge in [0.2, 0.25) is 0 Å². The molecule has 1 aromatic carbocycles. The summed E-state index contributed by atoms with van der Waals surface area (Å²) in [5, 5.41) is 3.48. The first-order valence-electron chi connectivity index (χ1n) is 6.27. The molecule has 4 heteroatoms. The molecule has 0 bridgehead atoms. The predicted molar refractivity (Wildman–Crippen MR) is 75.5 cm³/mol. The van der Waals surface area contributed by atoms with Gasteiger partial charge >= 0.3 is 0 Å². The van der Waals surface area contributed by atoms with E-state index in [2.05, 4.69) is 46.4 Å². The van der Waals surface area contributed by atoms with E-state index in [0.29, 0.717) is 12.6 Å². The van der Waals surface area contributed by atoms with Crippen LogP contribution in [0.2, 0.25) is 0 Å². The van der Waals surface area contributed by atoms with Crippen molar-refractivity contribution in [2.45, 2.75) is 38.7 Å². The number of rotatable bonds is 4. The quantitative estimate of drug-likeness (QED) is 0.925. The predicted octanol–water partition coefficient (Wildman–Crippen LogP) is 3.25. The molecule has 0 spiro atoms. The summed E-state index contributed by atoms with van der Waals surface area (Å²) < 4.78 is 12.4. The lowest BCUT2D eigenvalue weighted by Crippen LogP contribution is -2.32. The van der Waals surface area contributed by atoms with Gasteiger partial charge in [-0.05, 0) is 38.5 Å². The molecule has 2 rings (SSSR count). The molecule has 0 saturated carbocycles. The topological polar surface area (TPSA) is 30.5 Å². The Hall–Kier alpha value is -0.420. The molecule has 0 aromatic heterocycles. The van der Waals surface area contributed by atoms with Crippen LogP contribution in [0.4, 0.5) is 0 Å². The van der Waals surface area contributed by atoms with Crippen molar-refractivity contribution in [1.29, 1.82) is 0 Å². The van der Waals surface area contributed by atoms with Crippen molar-refractivity contribution in [2.24, 2.45) is 0 Å². The zero-order valence-corrected chi connectivity index (χ0v) is 12.7. The first-order chi connectivity index (χ1) is 8.46. The Morgan fingerprint density at radius 1 is 1.50 bits per heavy atom. The molecule has 1 aliphatic rings. The highest BCUT2D eigenvalue weighted by Crippen LogP contribution is 2.23. The summed E-state index contributed by atoms with van der Waals surface area (Å²) in [6, 6.07) is 8.64. The van der Waals surface area contributed by atoms with Gasteiger partial charge in [0.15, 0.2) is 5.79 Å². The third kappa shape index (κ3) is 3.79. The summed E-state index contributed by atoms with van der Waals surface area (Å²) in [5.74, 6) is -0.439. The second-order valence-electron chi connectivity index (χ2n) is 5.14. The Morgan fingerprint density at radius 2 is 2.28 bits per heavy atom. The van der Waals surface area contributed by atoms with E-state index < -0.39 is 5.79 Å². The lowest BCUT2D eigenvalue weighted by molar-refractivity contribution is -0.137. The molecule has 1 N–H and O–H groups in total. The number of ether oxygens (including phenoxy) is 2. The standard InChI is InChI=1S/C14H20BrNO2/c1-10(11-5-4-6-12(15)7-11)16-8-13-9-17-14(2,3)18-13/h4-7,10,13,16H,8-9H2,1-3H3. The maximum atomic E-state index is 5.76. The van der Waals surface area contributed by atoms with Gasteiger partial charge < -0.3 is 14.8 Å². The molecule has 1 saturated heterocycles. The minimum atomic E-state index is -0.439. The molecule has 1 heterocycles. The van der Waals surface area contributed by atoms with Gasteiger partial charge in [0.25, 0.3) is 0 Å². The molecule has 0 radical (unpaired) electrons. The van der Waals surface area contributed by atoms with Gasteiger partial charge in [-0.2, -0.15) is 0 Å². The monoisotopic (exact) mass is 313 g/mol. The van der Waals surface area contributed by atoms with E-state index >= 15 is 0 Å². The van der Waals surface area contributed by atoms with Crippen molar-refractivity contribution in [1.82, 2.24) is 5.32 Å². The van der Waals surface area contributed by atoms with Crippen LogP contribution in [0, 0.1) is 0 Å². The lowest BCUT2D eigenvalue weighted by Gasteiger charge is -2.19. The Balaban J connectivity index is 1.84. The largest absolute Gasteiger partial charge is 0.348 e. The molecule has 1 aromatic rings. The summed E-state index contributed by atoms with van der Waals surface area (Å²) in [4.78, 5) is 0. The second-order valence-corrected chi connectivity index (χ2v) is 6.05. The van der Waals surface area contributed by atoms with Gasteiger partial charge in [0, 0.05) is 17.1 Å². The fourth-order valence-electron chi connectivity index (χ4n) is 2.07. The van der Waals surface area contributed by atoms with E-state index in [1.165, 1.54) is 5.56 Å². The first kappa shape index (κ1) is 14.0. The van der Waals surface area contributed by atoms with E-state index in [1.807, 2.05) is 19.9 Å². The molecule has 18 heavy (non-hydrogen) atoms. The smallest absolute Gasteiger partial charge is 0.163 e. The van der Waals surface area contributed by atoms with Gasteiger partial charge in [-0.3, -0.25) is 0 Å². The van der Waals surface area contributed by atoms with Crippen LogP contribution in [0.3, 0.4) is 0 Å². The third-order valence-corrected chi connectivity index (χ3v) is 3.56. The van der Waals surface area contributed by atoms with Crippen LogP contribution in [0.25, 0.3) is 0 Å². The normalized spacial score (nSPS) is 24.1.